The second-order valence-corrected chi connectivity index (χ2v) is 3.08. The maximum absolute atomic E-state index is 10.4. The van der Waals surface area contributed by atoms with Crippen molar-refractivity contribution in [2.75, 3.05) is 0 Å². The minimum atomic E-state index is -0.167. The molecule has 3 N–H and O–H groups in total. The quantitative estimate of drug-likeness (QED) is 0.475. The van der Waals surface area contributed by atoms with Crippen LogP contribution in [0.2, 0.25) is 5.02 Å². The van der Waals surface area contributed by atoms with Crippen LogP contribution in [0.15, 0.2) is 36.6 Å². The molecule has 6 heteroatoms. The average Bonchev–Trinajstić information content (AvgIpc) is 2.09. The molecule has 0 saturated carbocycles. The van der Waals surface area contributed by atoms with E-state index in [-0.39, 0.29) is 47.4 Å². The summed E-state index contributed by atoms with van der Waals surface area (Å²) < 4.78 is 4.31. The largest absolute Gasteiger partial charge is 1.00 e. The van der Waals surface area contributed by atoms with Gasteiger partial charge in [-0.05, 0) is 12.1 Å². The van der Waals surface area contributed by atoms with E-state index in [2.05, 4.69) is 11.3 Å². The van der Waals surface area contributed by atoms with Crippen LogP contribution in [0.5, 0.6) is 5.75 Å². The molecule has 82 valence electrons. The molecule has 2 rings (SSSR count). The van der Waals surface area contributed by atoms with Crippen molar-refractivity contribution in [3.63, 3.8) is 0 Å². The molecule has 1 aromatic carbocycles. The predicted molar refractivity (Wildman–Crippen MR) is 55.8 cm³/mol. The van der Waals surface area contributed by atoms with Gasteiger partial charge in [0.1, 0.15) is 12.2 Å². The van der Waals surface area contributed by atoms with Crippen molar-refractivity contribution in [3.8, 4) is 5.75 Å². The number of carbonyl (C=O) groups excluding carboxylic acids is 1. The molecule has 16 heavy (non-hydrogen) atoms. The number of ether oxygens (including phenoxy) is 1. The van der Waals surface area contributed by atoms with E-state index < -0.39 is 0 Å². The normalized spacial score (nSPS) is 11.8. The Morgan fingerprint density at radius 2 is 1.75 bits per heavy atom. The molecule has 0 radical (unpaired) electrons. The van der Waals surface area contributed by atoms with Crippen molar-refractivity contribution in [2.24, 2.45) is 0 Å². The Bertz CT molecular complexity index is 311. The van der Waals surface area contributed by atoms with E-state index in [4.69, 9.17) is 11.6 Å². The predicted octanol–water partition coefficient (Wildman–Crippen LogP) is -0.973. The SMILES string of the molecule is C=C1CC(=O)O1.N.[Na+].[O-]c1ccc(Cl)cc1. The van der Waals surface area contributed by atoms with Gasteiger partial charge in [-0.25, -0.2) is 0 Å². The molecular formula is C10H11ClNNaO3. The van der Waals surface area contributed by atoms with Gasteiger partial charge in [-0.15, -0.1) is 5.75 Å². The molecule has 0 unspecified atom stereocenters. The first-order chi connectivity index (χ1) is 6.58. The van der Waals surface area contributed by atoms with Crippen LogP contribution in [0.4, 0.5) is 0 Å². The van der Waals surface area contributed by atoms with Crippen LogP contribution >= 0.6 is 11.6 Å². The van der Waals surface area contributed by atoms with Crippen molar-refractivity contribution in [2.45, 2.75) is 6.42 Å². The molecule has 0 bridgehead atoms. The number of rotatable bonds is 0. The Hall–Kier alpha value is -0.520. The van der Waals surface area contributed by atoms with Gasteiger partial charge < -0.3 is 16.0 Å². The van der Waals surface area contributed by atoms with Crippen molar-refractivity contribution >= 4 is 17.6 Å². The van der Waals surface area contributed by atoms with Crippen LogP contribution in [0.1, 0.15) is 6.42 Å². The van der Waals surface area contributed by atoms with Crippen molar-refractivity contribution in [1.82, 2.24) is 6.15 Å². The number of hydrogen-bond donors (Lipinski definition) is 1. The van der Waals surface area contributed by atoms with Crippen LogP contribution in [0.25, 0.3) is 0 Å². The van der Waals surface area contributed by atoms with Gasteiger partial charge >= 0.3 is 35.5 Å². The molecule has 1 aliphatic rings. The molecule has 0 aliphatic carbocycles. The number of esters is 1. The maximum Gasteiger partial charge on any atom is 1.00 e. The van der Waals surface area contributed by atoms with Crippen LogP contribution in [-0.2, 0) is 9.53 Å². The Morgan fingerprint density at radius 3 is 1.94 bits per heavy atom. The van der Waals surface area contributed by atoms with Gasteiger partial charge in [0.25, 0.3) is 0 Å². The molecule has 0 amide bonds. The fourth-order valence-corrected chi connectivity index (χ4v) is 0.874. The summed E-state index contributed by atoms with van der Waals surface area (Å²) >= 11 is 5.47. The zero-order valence-corrected chi connectivity index (χ0v) is 11.8. The van der Waals surface area contributed by atoms with E-state index in [0.717, 1.165) is 0 Å². The molecule has 0 atom stereocenters. The number of cyclic esters (lactones) is 1. The van der Waals surface area contributed by atoms with E-state index in [1.54, 1.807) is 12.1 Å². The first-order valence-electron chi connectivity index (χ1n) is 3.89. The molecule has 1 aromatic rings. The topological polar surface area (TPSA) is 84.4 Å². The molecule has 4 nitrogen and oxygen atoms in total. The standard InChI is InChI=1S/C6H5ClO.C4H4O2.H3N.Na/c7-5-1-3-6(8)4-2-5;1-3-2-4(5)6-3;;/h1-4,8H;1-2H2;1H3;/q;;;+1/p-1. The first-order valence-corrected chi connectivity index (χ1v) is 4.27. The summed E-state index contributed by atoms with van der Waals surface area (Å²) in [7, 11) is 0. The third-order valence-corrected chi connectivity index (χ3v) is 1.67. The number of carbonyl (C=O) groups is 1. The first kappa shape index (κ1) is 17.9. The van der Waals surface area contributed by atoms with E-state index in [1.807, 2.05) is 0 Å². The van der Waals surface area contributed by atoms with Gasteiger partial charge in [0.2, 0.25) is 0 Å². The van der Waals surface area contributed by atoms with Crippen LogP contribution in [0.3, 0.4) is 0 Å². The number of hydrogen-bond acceptors (Lipinski definition) is 4. The molecule has 1 heterocycles. The average molecular weight is 252 g/mol. The fourth-order valence-electron chi connectivity index (χ4n) is 0.748. The number of benzene rings is 1. The van der Waals surface area contributed by atoms with Crippen molar-refractivity contribution in [3.05, 3.63) is 41.6 Å². The Morgan fingerprint density at radius 1 is 1.31 bits per heavy atom. The van der Waals surface area contributed by atoms with E-state index in [1.165, 1.54) is 12.1 Å². The fraction of sp³-hybridized carbons (Fsp3) is 0.100. The Kier molecular flexibility index (Phi) is 9.61. The van der Waals surface area contributed by atoms with Crippen LogP contribution < -0.4 is 40.8 Å². The molecule has 0 aromatic heterocycles. The summed E-state index contributed by atoms with van der Waals surface area (Å²) in [6, 6.07) is 6.01. The maximum atomic E-state index is 10.4. The molecular weight excluding hydrogens is 241 g/mol. The van der Waals surface area contributed by atoms with Crippen LogP contribution in [-0.4, -0.2) is 5.97 Å². The number of halogens is 1. The van der Waals surface area contributed by atoms with Crippen LogP contribution in [0, 0.1) is 0 Å². The summed E-state index contributed by atoms with van der Waals surface area (Å²) in [5.74, 6) is 0.411. The zero-order chi connectivity index (χ0) is 10.6. The minimum Gasteiger partial charge on any atom is -0.872 e. The second-order valence-electron chi connectivity index (χ2n) is 2.64. The summed E-state index contributed by atoms with van der Waals surface area (Å²) in [5, 5.41) is 11.0. The summed E-state index contributed by atoms with van der Waals surface area (Å²) in [6.45, 7) is 3.37. The molecule has 0 spiro atoms. The monoisotopic (exact) mass is 251 g/mol. The van der Waals surface area contributed by atoms with Gasteiger partial charge in [-0.3, -0.25) is 4.79 Å². The zero-order valence-electron chi connectivity index (χ0n) is 9.03. The minimum absolute atomic E-state index is 0. The van der Waals surface area contributed by atoms with Gasteiger partial charge in [-0.2, -0.15) is 0 Å². The molecule has 1 aliphatic heterocycles. The Balaban J connectivity index is 0. The van der Waals surface area contributed by atoms with Gasteiger partial charge in [0.05, 0.1) is 0 Å². The summed E-state index contributed by atoms with van der Waals surface area (Å²) in [5.41, 5.74) is 0. The molecule has 1 saturated heterocycles. The van der Waals surface area contributed by atoms with Gasteiger partial charge in [-0.1, -0.05) is 30.3 Å². The van der Waals surface area contributed by atoms with Crippen molar-refractivity contribution in [1.29, 1.82) is 0 Å². The van der Waals surface area contributed by atoms with E-state index in [0.29, 0.717) is 17.2 Å². The van der Waals surface area contributed by atoms with E-state index >= 15 is 0 Å². The molecule has 1 fully saturated rings. The van der Waals surface area contributed by atoms with E-state index in [9.17, 15) is 9.90 Å². The second kappa shape index (κ2) is 8.61. The summed E-state index contributed by atoms with van der Waals surface area (Å²) in [4.78, 5) is 9.83. The third-order valence-electron chi connectivity index (χ3n) is 1.41. The summed E-state index contributed by atoms with van der Waals surface area (Å²) in [6.07, 6.45) is 0.417. The Labute approximate surface area is 121 Å². The van der Waals surface area contributed by atoms with Gasteiger partial charge in [0.15, 0.2) is 0 Å². The third kappa shape index (κ3) is 6.87. The van der Waals surface area contributed by atoms with Gasteiger partial charge in [0, 0.05) is 5.02 Å². The smallest absolute Gasteiger partial charge is 0.872 e. The van der Waals surface area contributed by atoms with Crippen molar-refractivity contribution < 1.29 is 44.2 Å².